The van der Waals surface area contributed by atoms with Gasteiger partial charge in [-0.1, -0.05) is 11.8 Å². The second-order valence-electron chi connectivity index (χ2n) is 4.92. The van der Waals surface area contributed by atoms with E-state index < -0.39 is 0 Å². The number of hydrogen-bond acceptors (Lipinski definition) is 4. The lowest BCUT2D eigenvalue weighted by molar-refractivity contribution is -0.130. The van der Waals surface area contributed by atoms with Crippen molar-refractivity contribution in [3.05, 3.63) is 0 Å². The van der Waals surface area contributed by atoms with Crippen LogP contribution in [0.4, 0.5) is 0 Å². The van der Waals surface area contributed by atoms with Gasteiger partial charge in [-0.3, -0.25) is 9.59 Å². The third kappa shape index (κ3) is 3.45. The maximum absolute atomic E-state index is 11.9. The summed E-state index contributed by atoms with van der Waals surface area (Å²) in [6.45, 7) is 4.43. The van der Waals surface area contributed by atoms with E-state index in [1.165, 1.54) is 11.8 Å². The van der Waals surface area contributed by atoms with E-state index in [2.05, 4.69) is 5.32 Å². The van der Waals surface area contributed by atoms with Crippen LogP contribution in [0.3, 0.4) is 0 Å². The molecule has 0 aliphatic carbocycles. The fourth-order valence-electron chi connectivity index (χ4n) is 2.61. The van der Waals surface area contributed by atoms with Crippen LogP contribution < -0.4 is 5.32 Å². The molecule has 2 fully saturated rings. The molecule has 0 aromatic carbocycles. The van der Waals surface area contributed by atoms with Crippen LogP contribution in [-0.4, -0.2) is 47.4 Å². The van der Waals surface area contributed by atoms with Crippen LogP contribution >= 0.6 is 11.8 Å². The van der Waals surface area contributed by atoms with Crippen LogP contribution in [0.15, 0.2) is 0 Å². The smallest absolute Gasteiger partial charge is 0.223 e. The Balaban J connectivity index is 1.83. The molecule has 0 bridgehead atoms. The molecule has 96 valence electrons. The van der Waals surface area contributed by atoms with Gasteiger partial charge in [0, 0.05) is 38.2 Å². The molecule has 0 radical (unpaired) electrons. The molecule has 2 rings (SSSR count). The maximum atomic E-state index is 11.9. The summed E-state index contributed by atoms with van der Waals surface area (Å²) in [7, 11) is 0. The lowest BCUT2D eigenvalue weighted by Crippen LogP contribution is -2.46. The topological polar surface area (TPSA) is 49.4 Å². The van der Waals surface area contributed by atoms with Crippen LogP contribution in [-0.2, 0) is 9.59 Å². The number of rotatable bonds is 3. The van der Waals surface area contributed by atoms with Crippen LogP contribution in [0.5, 0.6) is 0 Å². The molecule has 2 aliphatic heterocycles. The van der Waals surface area contributed by atoms with Gasteiger partial charge in [-0.15, -0.1) is 0 Å². The SMILES string of the molecule is CC(=O)SCC1CC(=O)N([C@@H]2CCCNC2)C1. The lowest BCUT2D eigenvalue weighted by atomic mass is 10.1. The van der Waals surface area contributed by atoms with Gasteiger partial charge in [0.25, 0.3) is 0 Å². The Morgan fingerprint density at radius 1 is 1.59 bits per heavy atom. The summed E-state index contributed by atoms with van der Waals surface area (Å²) in [6.07, 6.45) is 2.89. The normalized spacial score (nSPS) is 29.7. The molecule has 1 N–H and O–H groups in total. The summed E-state index contributed by atoms with van der Waals surface area (Å²) in [5.41, 5.74) is 0. The molecule has 0 spiro atoms. The van der Waals surface area contributed by atoms with E-state index >= 15 is 0 Å². The zero-order chi connectivity index (χ0) is 12.3. The second-order valence-corrected chi connectivity index (χ2v) is 6.12. The number of nitrogens with zero attached hydrogens (tertiary/aromatic N) is 1. The Morgan fingerprint density at radius 3 is 3.06 bits per heavy atom. The zero-order valence-electron chi connectivity index (χ0n) is 10.3. The number of hydrogen-bond donors (Lipinski definition) is 1. The average Bonchev–Trinajstić information content (AvgIpc) is 2.69. The van der Waals surface area contributed by atoms with E-state index in [4.69, 9.17) is 0 Å². The Hall–Kier alpha value is -0.550. The molecular weight excluding hydrogens is 236 g/mol. The summed E-state index contributed by atoms with van der Waals surface area (Å²) in [5.74, 6) is 1.42. The number of thioether (sulfide) groups is 1. The molecule has 2 atom stereocenters. The van der Waals surface area contributed by atoms with E-state index in [0.29, 0.717) is 18.4 Å². The summed E-state index contributed by atoms with van der Waals surface area (Å²) in [6, 6.07) is 0.378. The van der Waals surface area contributed by atoms with Crippen molar-refractivity contribution in [1.82, 2.24) is 10.2 Å². The minimum Gasteiger partial charge on any atom is -0.338 e. The minimum atomic E-state index is 0.148. The molecule has 1 unspecified atom stereocenters. The molecule has 2 saturated heterocycles. The molecule has 2 heterocycles. The van der Waals surface area contributed by atoms with Gasteiger partial charge in [0.2, 0.25) is 5.91 Å². The van der Waals surface area contributed by atoms with Gasteiger partial charge < -0.3 is 10.2 Å². The Labute approximate surface area is 106 Å². The standard InChI is InChI=1S/C12H20N2O2S/c1-9(15)17-8-10-5-12(16)14(7-10)11-3-2-4-13-6-11/h10-11,13H,2-8H2,1H3/t10?,11-/m1/s1. The van der Waals surface area contributed by atoms with Crippen molar-refractivity contribution in [3.8, 4) is 0 Å². The highest BCUT2D eigenvalue weighted by atomic mass is 32.2. The van der Waals surface area contributed by atoms with E-state index in [1.54, 1.807) is 6.92 Å². The van der Waals surface area contributed by atoms with Gasteiger partial charge in [0.1, 0.15) is 0 Å². The largest absolute Gasteiger partial charge is 0.338 e. The highest BCUT2D eigenvalue weighted by Gasteiger charge is 2.34. The molecular formula is C12H20N2O2S. The van der Waals surface area contributed by atoms with Gasteiger partial charge in [-0.2, -0.15) is 0 Å². The van der Waals surface area contributed by atoms with Crippen LogP contribution in [0.1, 0.15) is 26.2 Å². The highest BCUT2D eigenvalue weighted by Crippen LogP contribution is 2.25. The predicted octanol–water partition coefficient (Wildman–Crippen LogP) is 0.867. The number of amides is 1. The molecule has 5 heteroatoms. The summed E-state index contributed by atoms with van der Waals surface area (Å²) in [5, 5.41) is 3.49. The van der Waals surface area contributed by atoms with Gasteiger partial charge in [-0.25, -0.2) is 0 Å². The first kappa shape index (κ1) is 12.9. The number of likely N-dealkylation sites (tertiary alicyclic amines) is 1. The predicted molar refractivity (Wildman–Crippen MR) is 68.9 cm³/mol. The summed E-state index contributed by atoms with van der Waals surface area (Å²) >= 11 is 1.35. The quantitative estimate of drug-likeness (QED) is 0.814. The van der Waals surface area contributed by atoms with E-state index in [-0.39, 0.29) is 11.0 Å². The van der Waals surface area contributed by atoms with Crippen LogP contribution in [0.25, 0.3) is 0 Å². The summed E-state index contributed by atoms with van der Waals surface area (Å²) < 4.78 is 0. The fourth-order valence-corrected chi connectivity index (χ4v) is 3.30. The van der Waals surface area contributed by atoms with Crippen LogP contribution in [0.2, 0.25) is 0 Å². The van der Waals surface area contributed by atoms with Crippen molar-refractivity contribution in [3.63, 3.8) is 0 Å². The van der Waals surface area contributed by atoms with Crippen LogP contribution in [0, 0.1) is 5.92 Å². The van der Waals surface area contributed by atoms with Crippen molar-refractivity contribution in [2.24, 2.45) is 5.92 Å². The van der Waals surface area contributed by atoms with Gasteiger partial charge in [0.05, 0.1) is 0 Å². The van der Waals surface area contributed by atoms with Crippen molar-refractivity contribution in [2.45, 2.75) is 32.2 Å². The van der Waals surface area contributed by atoms with E-state index in [9.17, 15) is 9.59 Å². The molecule has 2 aliphatic rings. The third-order valence-corrected chi connectivity index (χ3v) is 4.52. The first-order valence-corrected chi connectivity index (χ1v) is 7.29. The average molecular weight is 256 g/mol. The first-order chi connectivity index (χ1) is 8.16. The number of piperidine rings is 1. The number of carbonyl (C=O) groups is 2. The number of carbonyl (C=O) groups excluding carboxylic acids is 2. The number of nitrogens with one attached hydrogen (secondary N) is 1. The molecule has 4 nitrogen and oxygen atoms in total. The second kappa shape index (κ2) is 5.87. The van der Waals surface area contributed by atoms with Crippen molar-refractivity contribution in [2.75, 3.05) is 25.4 Å². The monoisotopic (exact) mass is 256 g/mol. The Morgan fingerprint density at radius 2 is 2.41 bits per heavy atom. The summed E-state index contributed by atoms with van der Waals surface area (Å²) in [4.78, 5) is 24.9. The minimum absolute atomic E-state index is 0.148. The van der Waals surface area contributed by atoms with Crippen molar-refractivity contribution < 1.29 is 9.59 Å². The van der Waals surface area contributed by atoms with Gasteiger partial charge in [-0.05, 0) is 25.3 Å². The van der Waals surface area contributed by atoms with Gasteiger partial charge in [0.15, 0.2) is 5.12 Å². The Kier molecular flexibility index (Phi) is 4.45. The lowest BCUT2D eigenvalue weighted by Gasteiger charge is -2.31. The van der Waals surface area contributed by atoms with Crippen molar-refractivity contribution in [1.29, 1.82) is 0 Å². The maximum Gasteiger partial charge on any atom is 0.223 e. The molecule has 0 saturated carbocycles. The zero-order valence-corrected chi connectivity index (χ0v) is 11.1. The van der Waals surface area contributed by atoms with E-state index in [0.717, 1.165) is 38.2 Å². The molecule has 1 amide bonds. The highest BCUT2D eigenvalue weighted by molar-refractivity contribution is 8.13. The first-order valence-electron chi connectivity index (χ1n) is 6.30. The van der Waals surface area contributed by atoms with E-state index in [1.807, 2.05) is 4.90 Å². The molecule has 0 aromatic rings. The fraction of sp³-hybridized carbons (Fsp3) is 0.833. The van der Waals surface area contributed by atoms with Gasteiger partial charge >= 0.3 is 0 Å². The third-order valence-electron chi connectivity index (χ3n) is 3.47. The molecule has 17 heavy (non-hydrogen) atoms. The van der Waals surface area contributed by atoms with Crippen molar-refractivity contribution >= 4 is 22.8 Å². The molecule has 0 aromatic heterocycles. The Bertz CT molecular complexity index is 303.